The summed E-state index contributed by atoms with van der Waals surface area (Å²) in [7, 11) is 0. The Morgan fingerprint density at radius 1 is 1.40 bits per heavy atom. The molecule has 0 spiro atoms. The van der Waals surface area contributed by atoms with Crippen LogP contribution in [-0.4, -0.2) is 23.1 Å². The maximum atomic E-state index is 12.2. The summed E-state index contributed by atoms with van der Waals surface area (Å²) in [5.74, 6) is 0.0961. The van der Waals surface area contributed by atoms with E-state index in [-0.39, 0.29) is 11.8 Å². The fraction of sp³-hybridized carbons (Fsp3) is 0.733. The number of rotatable bonds is 10. The Hall–Kier alpha value is -0.970. The Morgan fingerprint density at radius 2 is 2.20 bits per heavy atom. The van der Waals surface area contributed by atoms with E-state index in [1.165, 1.54) is 44.1 Å². The molecule has 2 rings (SSSR count). The Labute approximate surface area is 125 Å². The molecule has 5 heteroatoms. The van der Waals surface area contributed by atoms with E-state index in [9.17, 15) is 9.59 Å². The third-order valence-corrected chi connectivity index (χ3v) is 5.03. The molecule has 2 aliphatic carbocycles. The standard InChI is InChI=1S/C15H24N2O2S/c1-2-3-4-5-6-7-12-10-15(12,16-11-18)14(19)17-20-13-8-9-13/h6-7,11-13H,2-5,8-10H2,1H3,(H,16,18)(H,17,19)/b7-6-. The highest BCUT2D eigenvalue weighted by atomic mass is 32.2. The van der Waals surface area contributed by atoms with Gasteiger partial charge in [0.1, 0.15) is 5.54 Å². The smallest absolute Gasteiger partial charge is 0.256 e. The minimum atomic E-state index is -0.690. The van der Waals surface area contributed by atoms with Crippen LogP contribution in [0.25, 0.3) is 0 Å². The second-order valence-electron chi connectivity index (χ2n) is 5.72. The molecule has 0 radical (unpaired) electrons. The summed E-state index contributed by atoms with van der Waals surface area (Å²) in [6.07, 6.45) is 12.7. The van der Waals surface area contributed by atoms with E-state index in [1.54, 1.807) is 0 Å². The molecule has 0 saturated heterocycles. The fourth-order valence-corrected chi connectivity index (χ4v) is 3.13. The van der Waals surface area contributed by atoms with Crippen molar-refractivity contribution in [2.75, 3.05) is 0 Å². The van der Waals surface area contributed by atoms with Crippen LogP contribution in [-0.2, 0) is 9.59 Å². The van der Waals surface area contributed by atoms with E-state index in [0.717, 1.165) is 6.42 Å². The first-order valence-electron chi connectivity index (χ1n) is 7.57. The quantitative estimate of drug-likeness (QED) is 0.282. The number of carbonyl (C=O) groups excluding carboxylic acids is 2. The molecular formula is C15H24N2O2S. The number of hydrogen-bond acceptors (Lipinski definition) is 3. The number of carbonyl (C=O) groups is 2. The van der Waals surface area contributed by atoms with Gasteiger partial charge in [-0.3, -0.25) is 14.3 Å². The van der Waals surface area contributed by atoms with Gasteiger partial charge in [-0.1, -0.05) is 31.9 Å². The summed E-state index contributed by atoms with van der Waals surface area (Å²) in [6.45, 7) is 2.19. The van der Waals surface area contributed by atoms with Gasteiger partial charge in [0, 0.05) is 11.2 Å². The lowest BCUT2D eigenvalue weighted by Gasteiger charge is -2.14. The van der Waals surface area contributed by atoms with Crippen LogP contribution in [0.1, 0.15) is 51.9 Å². The van der Waals surface area contributed by atoms with Crippen LogP contribution in [0.15, 0.2) is 12.2 Å². The average Bonchev–Trinajstić information content (AvgIpc) is 3.33. The van der Waals surface area contributed by atoms with E-state index in [2.05, 4.69) is 29.1 Å². The second-order valence-corrected chi connectivity index (χ2v) is 6.82. The van der Waals surface area contributed by atoms with Crippen LogP contribution in [0.2, 0.25) is 0 Å². The van der Waals surface area contributed by atoms with Crippen molar-refractivity contribution in [1.82, 2.24) is 10.0 Å². The molecule has 2 saturated carbocycles. The van der Waals surface area contributed by atoms with E-state index in [1.807, 2.05) is 0 Å². The molecule has 2 unspecified atom stereocenters. The highest BCUT2D eigenvalue weighted by Crippen LogP contribution is 2.45. The van der Waals surface area contributed by atoms with Gasteiger partial charge in [0.05, 0.1) is 0 Å². The van der Waals surface area contributed by atoms with Crippen molar-refractivity contribution in [3.8, 4) is 0 Å². The number of amides is 2. The van der Waals surface area contributed by atoms with Gasteiger partial charge in [-0.25, -0.2) is 0 Å². The van der Waals surface area contributed by atoms with Crippen LogP contribution in [0.3, 0.4) is 0 Å². The lowest BCUT2D eigenvalue weighted by Crippen LogP contribution is -2.45. The van der Waals surface area contributed by atoms with Crippen molar-refractivity contribution in [3.63, 3.8) is 0 Å². The Balaban J connectivity index is 1.78. The first-order valence-corrected chi connectivity index (χ1v) is 8.45. The van der Waals surface area contributed by atoms with Gasteiger partial charge in [0.15, 0.2) is 0 Å². The largest absolute Gasteiger partial charge is 0.344 e. The van der Waals surface area contributed by atoms with Crippen molar-refractivity contribution in [1.29, 1.82) is 0 Å². The molecule has 20 heavy (non-hydrogen) atoms. The minimum Gasteiger partial charge on any atom is -0.344 e. The molecule has 4 nitrogen and oxygen atoms in total. The molecule has 2 fully saturated rings. The third kappa shape index (κ3) is 4.01. The summed E-state index contributed by atoms with van der Waals surface area (Å²) in [6, 6.07) is 0. The molecule has 0 aromatic carbocycles. The molecule has 0 bridgehead atoms. The molecular weight excluding hydrogens is 272 g/mol. The first kappa shape index (κ1) is 15.4. The Morgan fingerprint density at radius 3 is 2.85 bits per heavy atom. The molecule has 2 N–H and O–H groups in total. The van der Waals surface area contributed by atoms with Crippen molar-refractivity contribution >= 4 is 24.3 Å². The highest BCUT2D eigenvalue weighted by Gasteiger charge is 2.59. The lowest BCUT2D eigenvalue weighted by molar-refractivity contribution is -0.125. The number of nitrogens with one attached hydrogen (secondary N) is 2. The van der Waals surface area contributed by atoms with Crippen LogP contribution in [0.5, 0.6) is 0 Å². The van der Waals surface area contributed by atoms with Crippen LogP contribution in [0.4, 0.5) is 0 Å². The lowest BCUT2D eigenvalue weighted by atomic mass is 10.1. The molecule has 112 valence electrons. The normalized spacial score (nSPS) is 28.4. The monoisotopic (exact) mass is 296 g/mol. The molecule has 0 heterocycles. The summed E-state index contributed by atoms with van der Waals surface area (Å²) < 4.78 is 2.90. The van der Waals surface area contributed by atoms with Crippen LogP contribution < -0.4 is 10.0 Å². The van der Waals surface area contributed by atoms with Gasteiger partial charge in [-0.05, 0) is 44.1 Å². The van der Waals surface area contributed by atoms with Gasteiger partial charge < -0.3 is 5.32 Å². The van der Waals surface area contributed by atoms with E-state index >= 15 is 0 Å². The van der Waals surface area contributed by atoms with E-state index in [4.69, 9.17) is 0 Å². The van der Waals surface area contributed by atoms with E-state index in [0.29, 0.717) is 18.1 Å². The second kappa shape index (κ2) is 7.16. The van der Waals surface area contributed by atoms with Gasteiger partial charge >= 0.3 is 0 Å². The Kier molecular flexibility index (Phi) is 5.52. The molecule has 0 aromatic heterocycles. The van der Waals surface area contributed by atoms with Crippen molar-refractivity contribution in [2.24, 2.45) is 5.92 Å². The summed E-state index contributed by atoms with van der Waals surface area (Å²) in [4.78, 5) is 23.0. The SMILES string of the molecule is CCCCC/C=C\C1CC1(NC=O)C(=O)NSC1CC1. The Bertz CT molecular complexity index is 382. The molecule has 2 atom stereocenters. The maximum absolute atomic E-state index is 12.2. The minimum absolute atomic E-state index is 0.0512. The zero-order valence-corrected chi connectivity index (χ0v) is 12.9. The van der Waals surface area contributed by atoms with Crippen molar-refractivity contribution < 1.29 is 9.59 Å². The van der Waals surface area contributed by atoms with Crippen LogP contribution in [0, 0.1) is 5.92 Å². The fourth-order valence-electron chi connectivity index (χ4n) is 2.30. The maximum Gasteiger partial charge on any atom is 0.256 e. The predicted octanol–water partition coefficient (Wildman–Crippen LogP) is 2.55. The zero-order chi connectivity index (χ0) is 14.4. The molecule has 2 aliphatic rings. The number of unbranched alkanes of at least 4 members (excludes halogenated alkanes) is 3. The summed E-state index contributed by atoms with van der Waals surface area (Å²) in [5, 5.41) is 3.30. The molecule has 2 amide bonds. The van der Waals surface area contributed by atoms with Gasteiger partial charge in [0.2, 0.25) is 6.41 Å². The highest BCUT2D eigenvalue weighted by molar-refractivity contribution is 7.98. The summed E-state index contributed by atoms with van der Waals surface area (Å²) >= 11 is 1.50. The van der Waals surface area contributed by atoms with E-state index < -0.39 is 5.54 Å². The van der Waals surface area contributed by atoms with Crippen LogP contribution >= 0.6 is 11.9 Å². The topological polar surface area (TPSA) is 58.2 Å². The zero-order valence-electron chi connectivity index (χ0n) is 12.1. The third-order valence-electron chi connectivity index (χ3n) is 3.92. The average molecular weight is 296 g/mol. The number of allylic oxidation sites excluding steroid dienone is 1. The van der Waals surface area contributed by atoms with Gasteiger partial charge in [0.25, 0.3) is 5.91 Å². The number of hydrogen-bond donors (Lipinski definition) is 2. The van der Waals surface area contributed by atoms with Gasteiger partial charge in [-0.2, -0.15) is 0 Å². The summed E-state index contributed by atoms with van der Waals surface area (Å²) in [5.41, 5.74) is -0.690. The first-order chi connectivity index (χ1) is 9.73. The van der Waals surface area contributed by atoms with Gasteiger partial charge in [-0.15, -0.1) is 0 Å². The van der Waals surface area contributed by atoms with Crippen molar-refractivity contribution in [2.45, 2.75) is 62.7 Å². The predicted molar refractivity (Wildman–Crippen MR) is 82.1 cm³/mol. The molecule has 0 aliphatic heterocycles. The van der Waals surface area contributed by atoms with Crippen molar-refractivity contribution in [3.05, 3.63) is 12.2 Å². The molecule has 0 aromatic rings.